The van der Waals surface area contributed by atoms with Crippen LogP contribution in [0.4, 0.5) is 5.69 Å². The molecule has 0 fully saturated rings. The summed E-state index contributed by atoms with van der Waals surface area (Å²) in [5.74, 6) is 0.945. The summed E-state index contributed by atoms with van der Waals surface area (Å²) in [5, 5.41) is 4.33. The average Bonchev–Trinajstić information content (AvgIpc) is 2.80. The van der Waals surface area contributed by atoms with Crippen molar-refractivity contribution in [3.05, 3.63) is 87.9 Å². The summed E-state index contributed by atoms with van der Waals surface area (Å²) in [6, 6.07) is 19.4. The normalized spacial score (nSPS) is 18.4. The third-order valence-corrected chi connectivity index (χ3v) is 6.73. The second kappa shape index (κ2) is 9.59. The fraction of sp³-hybridized carbons (Fsp3) is 0.321. The Hall–Kier alpha value is -3.18. The molecular formula is C28H30ClNO4. The highest BCUT2D eigenvalue weighted by atomic mass is 35.5. The zero-order chi connectivity index (χ0) is 24.5. The number of methoxy groups -OCH3 is 1. The number of carbonyl (C=O) groups excluding carboxylic acids is 1. The van der Waals surface area contributed by atoms with Crippen LogP contribution < -0.4 is 14.8 Å². The maximum absolute atomic E-state index is 12.1. The third kappa shape index (κ3) is 4.58. The molecule has 1 aliphatic heterocycles. The van der Waals surface area contributed by atoms with E-state index >= 15 is 0 Å². The molecule has 1 aliphatic rings. The lowest BCUT2D eigenvalue weighted by molar-refractivity contribution is -0.154. The van der Waals surface area contributed by atoms with Crippen LogP contribution in [-0.2, 0) is 16.1 Å². The first-order valence-electron chi connectivity index (χ1n) is 11.3. The first kappa shape index (κ1) is 24.0. The molecule has 0 saturated heterocycles. The van der Waals surface area contributed by atoms with Crippen molar-refractivity contribution in [1.82, 2.24) is 0 Å². The van der Waals surface area contributed by atoms with Crippen LogP contribution in [0, 0.1) is 12.3 Å². The molecule has 178 valence electrons. The van der Waals surface area contributed by atoms with Crippen molar-refractivity contribution in [2.24, 2.45) is 5.41 Å². The highest BCUT2D eigenvalue weighted by Crippen LogP contribution is 2.55. The van der Waals surface area contributed by atoms with E-state index in [-0.39, 0.29) is 12.0 Å². The van der Waals surface area contributed by atoms with E-state index in [1.54, 1.807) is 7.11 Å². The summed E-state index contributed by atoms with van der Waals surface area (Å²) in [7, 11) is 1.63. The summed E-state index contributed by atoms with van der Waals surface area (Å²) in [4.78, 5) is 12.1. The smallest absolute Gasteiger partial charge is 0.303 e. The van der Waals surface area contributed by atoms with E-state index < -0.39 is 11.5 Å². The number of halogens is 1. The molecule has 0 spiro atoms. The molecule has 4 rings (SSSR count). The van der Waals surface area contributed by atoms with Crippen molar-refractivity contribution in [3.8, 4) is 11.5 Å². The largest absolute Gasteiger partial charge is 0.493 e. The van der Waals surface area contributed by atoms with Gasteiger partial charge in [-0.15, -0.1) is 0 Å². The first-order valence-corrected chi connectivity index (χ1v) is 11.7. The molecule has 0 bridgehead atoms. The molecule has 0 aromatic heterocycles. The van der Waals surface area contributed by atoms with Crippen LogP contribution in [0.25, 0.3) is 0 Å². The number of hydrogen-bond donors (Lipinski definition) is 1. The Balaban J connectivity index is 1.79. The minimum absolute atomic E-state index is 0.219. The molecule has 0 aliphatic carbocycles. The number of aryl methyl sites for hydroxylation is 1. The lowest BCUT2D eigenvalue weighted by atomic mass is 9.70. The van der Waals surface area contributed by atoms with E-state index in [4.69, 9.17) is 25.8 Å². The van der Waals surface area contributed by atoms with Gasteiger partial charge in [0, 0.05) is 39.7 Å². The molecule has 3 aromatic rings. The Morgan fingerprint density at radius 2 is 1.82 bits per heavy atom. The molecule has 0 amide bonds. The van der Waals surface area contributed by atoms with E-state index in [0.29, 0.717) is 23.1 Å². The number of esters is 1. The van der Waals surface area contributed by atoms with Gasteiger partial charge in [-0.1, -0.05) is 73.5 Å². The number of fused-ring (bicyclic) bond motifs is 1. The number of para-hydroxylation sites is 1. The van der Waals surface area contributed by atoms with Crippen LogP contribution in [0.15, 0.2) is 60.7 Å². The van der Waals surface area contributed by atoms with Gasteiger partial charge in [0.1, 0.15) is 12.7 Å². The van der Waals surface area contributed by atoms with Gasteiger partial charge in [0.15, 0.2) is 11.5 Å². The predicted molar refractivity (Wildman–Crippen MR) is 135 cm³/mol. The second-order valence-electron chi connectivity index (χ2n) is 9.24. The molecule has 0 radical (unpaired) electrons. The van der Waals surface area contributed by atoms with Gasteiger partial charge in [0.05, 0.1) is 13.2 Å². The number of nitrogens with one attached hydrogen (secondary N) is 1. The second-order valence-corrected chi connectivity index (χ2v) is 9.64. The molecule has 0 saturated carbocycles. The highest BCUT2D eigenvalue weighted by Gasteiger charge is 2.47. The lowest BCUT2D eigenvalue weighted by Gasteiger charge is -2.46. The van der Waals surface area contributed by atoms with Gasteiger partial charge in [0.2, 0.25) is 0 Å². The Morgan fingerprint density at radius 1 is 1.06 bits per heavy atom. The topological polar surface area (TPSA) is 56.8 Å². The zero-order valence-corrected chi connectivity index (χ0v) is 20.9. The van der Waals surface area contributed by atoms with Crippen molar-refractivity contribution in [3.63, 3.8) is 0 Å². The molecular weight excluding hydrogens is 450 g/mol. The van der Waals surface area contributed by atoms with Crippen molar-refractivity contribution in [2.45, 2.75) is 46.4 Å². The van der Waals surface area contributed by atoms with Gasteiger partial charge in [-0.2, -0.15) is 0 Å². The molecule has 34 heavy (non-hydrogen) atoms. The van der Waals surface area contributed by atoms with Gasteiger partial charge < -0.3 is 19.5 Å². The van der Waals surface area contributed by atoms with Crippen molar-refractivity contribution < 1.29 is 19.0 Å². The number of anilines is 1. The SMILES string of the molecule is COc1cccc([C@@H]2Nc3ccc(C)cc3[C@@H](OC(C)=O)C2(C)C)c1OCc1ccccc1Cl. The van der Waals surface area contributed by atoms with E-state index in [1.165, 1.54) is 6.92 Å². The molecule has 3 aromatic carbocycles. The van der Waals surface area contributed by atoms with E-state index in [9.17, 15) is 4.79 Å². The minimum atomic E-state index is -0.499. The third-order valence-electron chi connectivity index (χ3n) is 6.36. The van der Waals surface area contributed by atoms with E-state index in [2.05, 4.69) is 25.2 Å². The Kier molecular flexibility index (Phi) is 6.76. The summed E-state index contributed by atoms with van der Waals surface area (Å²) in [5.41, 5.74) is 4.31. The van der Waals surface area contributed by atoms with Gasteiger partial charge in [-0.05, 0) is 25.1 Å². The summed E-state index contributed by atoms with van der Waals surface area (Å²) in [6.45, 7) is 7.98. The molecule has 2 atom stereocenters. The highest BCUT2D eigenvalue weighted by molar-refractivity contribution is 6.31. The molecule has 1 heterocycles. The van der Waals surface area contributed by atoms with Gasteiger partial charge in [0.25, 0.3) is 0 Å². The number of rotatable bonds is 6. The fourth-order valence-electron chi connectivity index (χ4n) is 4.62. The zero-order valence-electron chi connectivity index (χ0n) is 20.1. The molecule has 0 unspecified atom stereocenters. The minimum Gasteiger partial charge on any atom is -0.493 e. The maximum Gasteiger partial charge on any atom is 0.303 e. The number of ether oxygens (including phenoxy) is 3. The number of hydrogen-bond acceptors (Lipinski definition) is 5. The van der Waals surface area contributed by atoms with Crippen LogP contribution in [0.1, 0.15) is 55.2 Å². The summed E-state index contributed by atoms with van der Waals surface area (Å²) >= 11 is 6.36. The van der Waals surface area contributed by atoms with Gasteiger partial charge in [-0.25, -0.2) is 0 Å². The van der Waals surface area contributed by atoms with Crippen molar-refractivity contribution in [1.29, 1.82) is 0 Å². The fourth-order valence-corrected chi connectivity index (χ4v) is 4.82. The first-order chi connectivity index (χ1) is 16.2. The van der Waals surface area contributed by atoms with Crippen LogP contribution in [-0.4, -0.2) is 13.1 Å². The van der Waals surface area contributed by atoms with E-state index in [0.717, 1.165) is 27.9 Å². The molecule has 6 heteroatoms. The number of carbonyl (C=O) groups is 1. The summed E-state index contributed by atoms with van der Waals surface area (Å²) < 4.78 is 17.9. The standard InChI is InChI=1S/C28H30ClNO4/c1-17-13-14-23-21(15-17)27(34-18(2)31)28(3,4)26(30-23)20-10-8-12-24(32-5)25(20)33-16-19-9-6-7-11-22(19)29/h6-15,26-27,30H,16H2,1-5H3/t26-,27+/m0/s1. The van der Waals surface area contributed by atoms with Crippen LogP contribution in [0.3, 0.4) is 0 Å². The van der Waals surface area contributed by atoms with Gasteiger partial charge >= 0.3 is 5.97 Å². The molecule has 5 nitrogen and oxygen atoms in total. The predicted octanol–water partition coefficient (Wildman–Crippen LogP) is 7.03. The Labute approximate surface area is 206 Å². The lowest BCUT2D eigenvalue weighted by Crippen LogP contribution is -2.40. The Bertz CT molecular complexity index is 1210. The van der Waals surface area contributed by atoms with Crippen molar-refractivity contribution in [2.75, 3.05) is 12.4 Å². The quantitative estimate of drug-likeness (QED) is 0.384. The van der Waals surface area contributed by atoms with Crippen molar-refractivity contribution >= 4 is 23.3 Å². The average molecular weight is 480 g/mol. The van der Waals surface area contributed by atoms with Gasteiger partial charge in [-0.3, -0.25) is 4.79 Å². The van der Waals surface area contributed by atoms with Crippen LogP contribution in [0.5, 0.6) is 11.5 Å². The van der Waals surface area contributed by atoms with E-state index in [1.807, 2.05) is 61.5 Å². The summed E-state index contributed by atoms with van der Waals surface area (Å²) in [6.07, 6.45) is -0.436. The number of benzene rings is 3. The van der Waals surface area contributed by atoms with Crippen LogP contribution in [0.2, 0.25) is 5.02 Å². The monoisotopic (exact) mass is 479 g/mol. The van der Waals surface area contributed by atoms with Crippen LogP contribution >= 0.6 is 11.6 Å². The Morgan fingerprint density at radius 3 is 2.53 bits per heavy atom. The molecule has 1 N–H and O–H groups in total. The maximum atomic E-state index is 12.1.